The quantitative estimate of drug-likeness (QED) is 0.889. The molecule has 0 saturated carbocycles. The number of rotatable bonds is 5. The summed E-state index contributed by atoms with van der Waals surface area (Å²) in [6, 6.07) is 6.98. The lowest BCUT2D eigenvalue weighted by Crippen LogP contribution is -2.40. The highest BCUT2D eigenvalue weighted by molar-refractivity contribution is 5.86. The van der Waals surface area contributed by atoms with Crippen molar-refractivity contribution in [1.82, 2.24) is 5.32 Å². The molecule has 1 unspecified atom stereocenters. The van der Waals surface area contributed by atoms with Crippen molar-refractivity contribution in [3.8, 4) is 5.75 Å². The van der Waals surface area contributed by atoms with Crippen LogP contribution >= 0.6 is 0 Å². The van der Waals surface area contributed by atoms with E-state index in [0.29, 0.717) is 6.42 Å². The summed E-state index contributed by atoms with van der Waals surface area (Å²) in [6.07, 6.45) is 0.499. The van der Waals surface area contributed by atoms with E-state index < -0.39 is 6.04 Å². The van der Waals surface area contributed by atoms with Gasteiger partial charge in [0.1, 0.15) is 5.75 Å². The van der Waals surface area contributed by atoms with Crippen molar-refractivity contribution in [1.29, 1.82) is 0 Å². The molecule has 0 radical (unpaired) electrons. The Balaban J connectivity index is 0.00000154. The number of hydrogen-bond acceptors (Lipinski definition) is 3. The van der Waals surface area contributed by atoms with Crippen molar-refractivity contribution in [3.05, 3.63) is 29.8 Å². The largest absolute Gasteiger partial charge is 0.497 e. The van der Waals surface area contributed by atoms with Crippen molar-refractivity contribution < 1.29 is 14.3 Å². The summed E-state index contributed by atoms with van der Waals surface area (Å²) in [5, 5.41) is 2.64. The molecule has 4 heteroatoms. The molecule has 0 aromatic heterocycles. The molecule has 0 aliphatic carbocycles. The number of nitrogens with one attached hydrogen (secondary N) is 1. The third kappa shape index (κ3) is 6.60. The van der Waals surface area contributed by atoms with Gasteiger partial charge in [0.05, 0.1) is 13.2 Å². The molecule has 1 N–H and O–H groups in total. The monoisotopic (exact) mass is 265 g/mol. The Morgan fingerprint density at radius 3 is 2.05 bits per heavy atom. The lowest BCUT2D eigenvalue weighted by Gasteiger charge is -2.14. The first-order valence-corrected chi connectivity index (χ1v) is 6.43. The molecule has 0 saturated heterocycles. The highest BCUT2D eigenvalue weighted by Gasteiger charge is 2.15. The molecule has 0 heterocycles. The normalized spacial score (nSPS) is 10.8. The summed E-state index contributed by atoms with van der Waals surface area (Å²) < 4.78 is 5.05. The molecule has 1 aromatic rings. The molecular formula is C15H23NO3. The third-order valence-corrected chi connectivity index (χ3v) is 2.47. The molecule has 0 fully saturated rings. The summed E-state index contributed by atoms with van der Waals surface area (Å²) in [7, 11) is 1.60. The van der Waals surface area contributed by atoms with E-state index in [1.54, 1.807) is 7.11 Å². The van der Waals surface area contributed by atoms with E-state index in [2.05, 4.69) is 5.32 Å². The fourth-order valence-corrected chi connectivity index (χ4v) is 1.54. The van der Waals surface area contributed by atoms with Crippen LogP contribution in [0, 0.1) is 0 Å². The average Bonchev–Trinajstić information content (AvgIpc) is 2.40. The SMILES string of the molecule is CC.COc1ccc(CC(NC(C)=O)C(C)=O)cc1. The lowest BCUT2D eigenvalue weighted by molar-refractivity contribution is -0.125. The number of ketones is 1. The lowest BCUT2D eigenvalue weighted by atomic mass is 10.0. The topological polar surface area (TPSA) is 55.4 Å². The molecule has 0 aliphatic rings. The fourth-order valence-electron chi connectivity index (χ4n) is 1.54. The Labute approximate surface area is 115 Å². The van der Waals surface area contributed by atoms with Gasteiger partial charge in [-0.3, -0.25) is 9.59 Å². The van der Waals surface area contributed by atoms with Crippen LogP contribution in [0.4, 0.5) is 0 Å². The molecule has 1 rings (SSSR count). The minimum Gasteiger partial charge on any atom is -0.497 e. The van der Waals surface area contributed by atoms with Gasteiger partial charge in [-0.05, 0) is 31.0 Å². The summed E-state index contributed by atoms with van der Waals surface area (Å²) >= 11 is 0. The second kappa shape index (κ2) is 9.14. The van der Waals surface area contributed by atoms with Gasteiger partial charge in [0.2, 0.25) is 5.91 Å². The predicted molar refractivity (Wildman–Crippen MR) is 76.3 cm³/mol. The minimum atomic E-state index is -0.458. The molecule has 106 valence electrons. The van der Waals surface area contributed by atoms with Gasteiger partial charge in [-0.1, -0.05) is 26.0 Å². The van der Waals surface area contributed by atoms with Gasteiger partial charge in [0.15, 0.2) is 5.78 Å². The molecule has 19 heavy (non-hydrogen) atoms. The number of Topliss-reactive ketones (excluding diaryl/α,β-unsaturated/α-hetero) is 1. The molecular weight excluding hydrogens is 242 g/mol. The summed E-state index contributed by atoms with van der Waals surface area (Å²) in [4.78, 5) is 22.3. The number of hydrogen-bond donors (Lipinski definition) is 1. The van der Waals surface area contributed by atoms with Gasteiger partial charge in [-0.2, -0.15) is 0 Å². The van der Waals surface area contributed by atoms with Crippen LogP contribution in [0.1, 0.15) is 33.3 Å². The van der Waals surface area contributed by atoms with Crippen molar-refractivity contribution in [3.63, 3.8) is 0 Å². The Bertz CT molecular complexity index is 398. The standard InChI is InChI=1S/C13H17NO3.C2H6/c1-9(15)13(14-10(2)16)8-11-4-6-12(17-3)7-5-11;1-2/h4-7,13H,8H2,1-3H3,(H,14,16);1-2H3. The van der Waals surface area contributed by atoms with E-state index in [-0.39, 0.29) is 11.7 Å². The summed E-state index contributed by atoms with van der Waals surface area (Å²) in [5.74, 6) is 0.530. The van der Waals surface area contributed by atoms with Crippen LogP contribution in [0.2, 0.25) is 0 Å². The van der Waals surface area contributed by atoms with Gasteiger partial charge in [0, 0.05) is 6.92 Å². The molecule has 0 bridgehead atoms. The first-order valence-electron chi connectivity index (χ1n) is 6.43. The van der Waals surface area contributed by atoms with Crippen molar-refractivity contribution >= 4 is 11.7 Å². The number of ether oxygens (including phenoxy) is 1. The molecule has 0 aliphatic heterocycles. The number of carbonyl (C=O) groups is 2. The van der Waals surface area contributed by atoms with E-state index in [4.69, 9.17) is 4.74 Å². The Kier molecular flexibility index (Phi) is 8.25. The van der Waals surface area contributed by atoms with Crippen LogP contribution in [0.25, 0.3) is 0 Å². The van der Waals surface area contributed by atoms with Crippen molar-refractivity contribution in [2.75, 3.05) is 7.11 Å². The summed E-state index contributed by atoms with van der Waals surface area (Å²) in [5.41, 5.74) is 0.986. The second-order valence-electron chi connectivity index (χ2n) is 3.92. The summed E-state index contributed by atoms with van der Waals surface area (Å²) in [6.45, 7) is 6.88. The fraction of sp³-hybridized carbons (Fsp3) is 0.467. The highest BCUT2D eigenvalue weighted by atomic mass is 16.5. The number of methoxy groups -OCH3 is 1. The van der Waals surface area contributed by atoms with Crippen LogP contribution in [0.3, 0.4) is 0 Å². The highest BCUT2D eigenvalue weighted by Crippen LogP contribution is 2.12. The van der Waals surface area contributed by atoms with Crippen LogP contribution in [0.5, 0.6) is 5.75 Å². The molecule has 1 aromatic carbocycles. The molecule has 1 atom stereocenters. The van der Waals surface area contributed by atoms with Crippen molar-refractivity contribution in [2.24, 2.45) is 0 Å². The second-order valence-corrected chi connectivity index (χ2v) is 3.92. The predicted octanol–water partition coefficient (Wildman–Crippen LogP) is 2.36. The minimum absolute atomic E-state index is 0.0454. The zero-order valence-corrected chi connectivity index (χ0v) is 12.3. The third-order valence-electron chi connectivity index (χ3n) is 2.47. The van der Waals surface area contributed by atoms with Gasteiger partial charge in [0.25, 0.3) is 0 Å². The Morgan fingerprint density at radius 1 is 1.16 bits per heavy atom. The molecule has 1 amide bonds. The zero-order chi connectivity index (χ0) is 14.8. The Morgan fingerprint density at radius 2 is 1.68 bits per heavy atom. The maximum absolute atomic E-state index is 11.4. The van der Waals surface area contributed by atoms with Gasteiger partial charge in [-0.15, -0.1) is 0 Å². The first kappa shape index (κ1) is 17.2. The average molecular weight is 265 g/mol. The van der Waals surface area contributed by atoms with Gasteiger partial charge >= 0.3 is 0 Å². The van der Waals surface area contributed by atoms with E-state index in [0.717, 1.165) is 11.3 Å². The smallest absolute Gasteiger partial charge is 0.217 e. The molecule has 0 spiro atoms. The van der Waals surface area contributed by atoms with Crippen LogP contribution < -0.4 is 10.1 Å². The maximum atomic E-state index is 11.4. The Hall–Kier alpha value is -1.84. The van der Waals surface area contributed by atoms with Gasteiger partial charge < -0.3 is 10.1 Å². The van der Waals surface area contributed by atoms with E-state index in [1.165, 1.54) is 13.8 Å². The van der Waals surface area contributed by atoms with E-state index in [1.807, 2.05) is 38.1 Å². The number of amides is 1. The first-order chi connectivity index (χ1) is 9.02. The maximum Gasteiger partial charge on any atom is 0.217 e. The van der Waals surface area contributed by atoms with Crippen LogP contribution in [0.15, 0.2) is 24.3 Å². The van der Waals surface area contributed by atoms with Crippen LogP contribution in [-0.2, 0) is 16.0 Å². The van der Waals surface area contributed by atoms with Gasteiger partial charge in [-0.25, -0.2) is 0 Å². The van der Waals surface area contributed by atoms with E-state index in [9.17, 15) is 9.59 Å². The molecule has 4 nitrogen and oxygen atoms in total. The zero-order valence-electron chi connectivity index (χ0n) is 12.3. The van der Waals surface area contributed by atoms with Crippen molar-refractivity contribution in [2.45, 2.75) is 40.2 Å². The van der Waals surface area contributed by atoms with Crippen LogP contribution in [-0.4, -0.2) is 24.8 Å². The van der Waals surface area contributed by atoms with E-state index >= 15 is 0 Å². The number of benzene rings is 1. The number of carbonyl (C=O) groups excluding carboxylic acids is 2.